The molecule has 8 aromatic rings. The van der Waals surface area contributed by atoms with Crippen LogP contribution in [-0.2, 0) is 0 Å². The topological polar surface area (TPSA) is 73.9 Å². The summed E-state index contributed by atoms with van der Waals surface area (Å²) in [5, 5.41) is 25.2. The van der Waals surface area contributed by atoms with Gasteiger partial charge in [-0.2, -0.15) is 10.5 Å². The Morgan fingerprint density at radius 1 is 0.405 bits per heavy atom. The van der Waals surface area contributed by atoms with Crippen molar-refractivity contribution in [2.75, 3.05) is 0 Å². The fourth-order valence-electron chi connectivity index (χ4n) is 6.05. The smallest absolute Gasteiger partial charge is 0.136 e. The summed E-state index contributed by atoms with van der Waals surface area (Å²) in [4.78, 5) is 0. The highest BCUT2D eigenvalue weighted by molar-refractivity contribution is 6.08. The van der Waals surface area contributed by atoms with Crippen molar-refractivity contribution in [2.24, 2.45) is 0 Å². The van der Waals surface area contributed by atoms with E-state index < -0.39 is 0 Å². The fraction of sp³-hybridized carbons (Fsp3) is 0. The molecule has 0 aliphatic heterocycles. The minimum atomic E-state index is 0.446. The molecule has 194 valence electrons. The first-order valence-electron chi connectivity index (χ1n) is 13.6. The van der Waals surface area contributed by atoms with Gasteiger partial charge in [-0.15, -0.1) is 0 Å². The molecule has 0 atom stereocenters. The number of fused-ring (bicyclic) bond motifs is 6. The number of nitrogens with zero attached hydrogens (tertiary/aromatic N) is 2. The van der Waals surface area contributed by atoms with E-state index in [4.69, 9.17) is 8.83 Å². The van der Waals surface area contributed by atoms with Gasteiger partial charge in [0.1, 0.15) is 34.5 Å². The van der Waals surface area contributed by atoms with E-state index in [1.807, 2.05) is 121 Å². The minimum Gasteiger partial charge on any atom is -0.456 e. The second kappa shape index (κ2) is 9.24. The molecule has 0 aliphatic carbocycles. The first-order chi connectivity index (χ1) is 20.7. The number of rotatable bonds is 3. The molecular formula is C38H20N2O2. The molecule has 0 radical (unpaired) electrons. The zero-order valence-corrected chi connectivity index (χ0v) is 22.3. The van der Waals surface area contributed by atoms with Crippen molar-refractivity contribution >= 4 is 43.9 Å². The van der Waals surface area contributed by atoms with Crippen LogP contribution in [0.2, 0.25) is 0 Å². The van der Waals surface area contributed by atoms with Gasteiger partial charge < -0.3 is 8.83 Å². The van der Waals surface area contributed by atoms with Gasteiger partial charge in [-0.25, -0.2) is 0 Å². The largest absolute Gasteiger partial charge is 0.456 e. The Hall–Kier alpha value is -6.10. The first-order valence-corrected chi connectivity index (χ1v) is 13.6. The standard InChI is InChI=1S/C38H20N2O2/c39-21-32-30(24-14-16-28-26-10-4-6-12-34(26)41-36(28)18-24)20-31(33(22-40)38(32)23-8-2-1-3-9-23)25-15-17-29-27-11-5-7-13-35(27)42-37(29)19-25/h1-20H. The van der Waals surface area contributed by atoms with Gasteiger partial charge in [0.15, 0.2) is 0 Å². The van der Waals surface area contributed by atoms with Crippen molar-refractivity contribution in [1.82, 2.24) is 0 Å². The van der Waals surface area contributed by atoms with Crippen molar-refractivity contribution in [3.63, 3.8) is 0 Å². The maximum Gasteiger partial charge on any atom is 0.136 e. The van der Waals surface area contributed by atoms with E-state index in [-0.39, 0.29) is 0 Å². The van der Waals surface area contributed by atoms with E-state index in [2.05, 4.69) is 12.1 Å². The van der Waals surface area contributed by atoms with Crippen LogP contribution in [-0.4, -0.2) is 0 Å². The summed E-state index contributed by atoms with van der Waals surface area (Å²) in [6.45, 7) is 0. The normalized spacial score (nSPS) is 11.3. The molecule has 6 aromatic carbocycles. The third kappa shape index (κ3) is 3.53. The van der Waals surface area contributed by atoms with Gasteiger partial charge in [0.05, 0.1) is 11.1 Å². The molecule has 8 rings (SSSR count). The quantitative estimate of drug-likeness (QED) is 0.225. The van der Waals surface area contributed by atoms with Gasteiger partial charge in [-0.3, -0.25) is 0 Å². The molecule has 4 nitrogen and oxygen atoms in total. The van der Waals surface area contributed by atoms with Gasteiger partial charge in [0, 0.05) is 38.2 Å². The Bertz CT molecular complexity index is 2280. The minimum absolute atomic E-state index is 0.446. The van der Waals surface area contributed by atoms with E-state index in [1.54, 1.807) is 0 Å². The monoisotopic (exact) mass is 536 g/mol. The fourth-order valence-corrected chi connectivity index (χ4v) is 6.05. The van der Waals surface area contributed by atoms with E-state index >= 15 is 0 Å². The zero-order valence-electron chi connectivity index (χ0n) is 22.3. The zero-order chi connectivity index (χ0) is 28.2. The predicted octanol–water partition coefficient (Wildman–Crippen LogP) is 10.2. The van der Waals surface area contributed by atoms with E-state index in [9.17, 15) is 10.5 Å². The molecule has 4 heteroatoms. The van der Waals surface area contributed by atoms with Crippen molar-refractivity contribution in [2.45, 2.75) is 0 Å². The summed E-state index contributed by atoms with van der Waals surface area (Å²) >= 11 is 0. The lowest BCUT2D eigenvalue weighted by Crippen LogP contribution is -1.98. The van der Waals surface area contributed by atoms with Crippen molar-refractivity contribution in [1.29, 1.82) is 10.5 Å². The highest BCUT2D eigenvalue weighted by atomic mass is 16.3. The third-order valence-electron chi connectivity index (χ3n) is 7.99. The Morgan fingerprint density at radius 3 is 1.36 bits per heavy atom. The van der Waals surface area contributed by atoms with E-state index in [0.29, 0.717) is 16.7 Å². The summed E-state index contributed by atoms with van der Waals surface area (Å²) in [5.41, 5.74) is 8.58. The van der Waals surface area contributed by atoms with Gasteiger partial charge in [0.25, 0.3) is 0 Å². The van der Waals surface area contributed by atoms with Crippen molar-refractivity contribution in [3.05, 3.63) is 132 Å². The SMILES string of the molecule is N#Cc1c(-c2ccc3c(c2)oc2ccccc23)cc(-c2ccc3c(c2)oc2ccccc23)c(C#N)c1-c1ccccc1. The van der Waals surface area contributed by atoms with Crippen LogP contribution < -0.4 is 0 Å². The number of hydrogen-bond acceptors (Lipinski definition) is 4. The molecule has 0 saturated carbocycles. The second-order valence-electron chi connectivity index (χ2n) is 10.3. The van der Waals surface area contributed by atoms with Crippen LogP contribution in [0.5, 0.6) is 0 Å². The van der Waals surface area contributed by atoms with Gasteiger partial charge in [-0.1, -0.05) is 78.9 Å². The van der Waals surface area contributed by atoms with Crippen molar-refractivity contribution < 1.29 is 8.83 Å². The molecule has 2 heterocycles. The van der Waals surface area contributed by atoms with Crippen LogP contribution in [0, 0.1) is 22.7 Å². The van der Waals surface area contributed by atoms with Crippen LogP contribution in [0.15, 0.2) is 130 Å². The highest BCUT2D eigenvalue weighted by Gasteiger charge is 2.23. The van der Waals surface area contributed by atoms with Crippen LogP contribution in [0.25, 0.3) is 77.3 Å². The lowest BCUT2D eigenvalue weighted by atomic mass is 9.84. The first kappa shape index (κ1) is 23.8. The van der Waals surface area contributed by atoms with Gasteiger partial charge in [0.2, 0.25) is 0 Å². The van der Waals surface area contributed by atoms with Crippen LogP contribution in [0.4, 0.5) is 0 Å². The lowest BCUT2D eigenvalue weighted by Gasteiger charge is -2.17. The molecule has 0 bridgehead atoms. The molecule has 0 spiro atoms. The molecule has 0 fully saturated rings. The summed E-state index contributed by atoms with van der Waals surface area (Å²) in [5.74, 6) is 0. The molecule has 0 unspecified atom stereocenters. The summed E-state index contributed by atoms with van der Waals surface area (Å²) in [6.07, 6.45) is 0. The molecule has 42 heavy (non-hydrogen) atoms. The molecule has 0 amide bonds. The molecule has 0 aliphatic rings. The number of para-hydroxylation sites is 2. The van der Waals surface area contributed by atoms with Gasteiger partial charge >= 0.3 is 0 Å². The van der Waals surface area contributed by atoms with Crippen LogP contribution >= 0.6 is 0 Å². The van der Waals surface area contributed by atoms with Crippen molar-refractivity contribution in [3.8, 4) is 45.5 Å². The number of furan rings is 2. The Balaban J connectivity index is 1.43. The number of benzene rings is 6. The molecular weight excluding hydrogens is 516 g/mol. The van der Waals surface area contributed by atoms with Gasteiger partial charge in [-0.05, 0) is 59.2 Å². The third-order valence-corrected chi connectivity index (χ3v) is 7.99. The van der Waals surface area contributed by atoms with Crippen LogP contribution in [0.1, 0.15) is 11.1 Å². The molecule has 0 N–H and O–H groups in total. The van der Waals surface area contributed by atoms with Crippen LogP contribution in [0.3, 0.4) is 0 Å². The second-order valence-corrected chi connectivity index (χ2v) is 10.3. The summed E-state index contributed by atoms with van der Waals surface area (Å²) in [6, 6.07) is 44.5. The average molecular weight is 537 g/mol. The number of nitriles is 2. The Labute approximate surface area is 240 Å². The summed E-state index contributed by atoms with van der Waals surface area (Å²) < 4.78 is 12.4. The summed E-state index contributed by atoms with van der Waals surface area (Å²) in [7, 11) is 0. The average Bonchev–Trinajstić information content (AvgIpc) is 3.61. The lowest BCUT2D eigenvalue weighted by molar-refractivity contribution is 0.668. The number of hydrogen-bond donors (Lipinski definition) is 0. The maximum atomic E-state index is 10.6. The highest BCUT2D eigenvalue weighted by Crippen LogP contribution is 2.43. The maximum absolute atomic E-state index is 10.6. The Morgan fingerprint density at radius 2 is 0.857 bits per heavy atom. The molecule has 0 saturated heterocycles. The van der Waals surface area contributed by atoms with E-state index in [0.717, 1.165) is 71.7 Å². The predicted molar refractivity (Wildman–Crippen MR) is 167 cm³/mol. The Kier molecular flexibility index (Phi) is 5.22. The molecule has 2 aromatic heterocycles. The van der Waals surface area contributed by atoms with E-state index in [1.165, 1.54) is 0 Å².